The van der Waals surface area contributed by atoms with Crippen molar-refractivity contribution in [2.24, 2.45) is 0 Å². The predicted molar refractivity (Wildman–Crippen MR) is 106 cm³/mol. The second kappa shape index (κ2) is 7.64. The Morgan fingerprint density at radius 2 is 1.23 bits per heavy atom. The minimum absolute atomic E-state index is 0.0441. The monoisotopic (exact) mass is 408 g/mol. The number of fused-ring (bicyclic) bond motifs is 1. The third kappa shape index (κ3) is 3.77. The van der Waals surface area contributed by atoms with Crippen molar-refractivity contribution in [3.8, 4) is 23.0 Å². The van der Waals surface area contributed by atoms with E-state index in [2.05, 4.69) is 11.8 Å². The van der Waals surface area contributed by atoms with E-state index in [9.17, 15) is 22.0 Å². The van der Waals surface area contributed by atoms with Crippen LogP contribution in [0, 0.1) is 47.9 Å². The van der Waals surface area contributed by atoms with Gasteiger partial charge in [0, 0.05) is 5.56 Å². The average molecular weight is 408 g/mol. The third-order valence-electron chi connectivity index (χ3n) is 4.68. The molecule has 4 rings (SSSR count). The Balaban J connectivity index is 1.74. The highest BCUT2D eigenvalue weighted by molar-refractivity contribution is 5.87. The Bertz CT molecular complexity index is 1340. The average Bonchev–Trinajstić information content (AvgIpc) is 2.68. The van der Waals surface area contributed by atoms with Crippen molar-refractivity contribution in [3.63, 3.8) is 0 Å². The minimum Gasteiger partial charge on any atom is -0.206 e. The van der Waals surface area contributed by atoms with Gasteiger partial charge in [0.1, 0.15) is 17.5 Å². The van der Waals surface area contributed by atoms with Gasteiger partial charge in [-0.15, -0.1) is 0 Å². The molecule has 0 radical (unpaired) electrons. The summed E-state index contributed by atoms with van der Waals surface area (Å²) in [4.78, 5) is 0. The van der Waals surface area contributed by atoms with Crippen LogP contribution in [0.25, 0.3) is 21.9 Å². The highest BCUT2D eigenvalue weighted by atomic mass is 19.2. The summed E-state index contributed by atoms with van der Waals surface area (Å²) >= 11 is 0. The van der Waals surface area contributed by atoms with Crippen molar-refractivity contribution in [1.29, 1.82) is 0 Å². The summed E-state index contributed by atoms with van der Waals surface area (Å²) in [6.45, 7) is 1.74. The predicted octanol–water partition coefficient (Wildman–Crippen LogP) is 6.91. The van der Waals surface area contributed by atoms with E-state index in [0.717, 1.165) is 29.8 Å². The van der Waals surface area contributed by atoms with Gasteiger partial charge in [-0.1, -0.05) is 30.0 Å². The topological polar surface area (TPSA) is 0 Å². The van der Waals surface area contributed by atoms with Crippen LogP contribution in [-0.2, 0) is 0 Å². The Morgan fingerprint density at radius 1 is 0.567 bits per heavy atom. The molecule has 0 fully saturated rings. The second-order valence-corrected chi connectivity index (χ2v) is 6.88. The van der Waals surface area contributed by atoms with Gasteiger partial charge in [0.15, 0.2) is 11.6 Å². The van der Waals surface area contributed by atoms with E-state index in [4.69, 9.17) is 0 Å². The van der Waals surface area contributed by atoms with Crippen molar-refractivity contribution in [3.05, 3.63) is 106 Å². The highest BCUT2D eigenvalue weighted by Crippen LogP contribution is 2.30. The van der Waals surface area contributed by atoms with Gasteiger partial charge in [-0.25, -0.2) is 22.0 Å². The van der Waals surface area contributed by atoms with E-state index in [1.807, 2.05) is 0 Å². The molecule has 0 heterocycles. The van der Waals surface area contributed by atoms with Crippen LogP contribution in [0.3, 0.4) is 0 Å². The summed E-state index contributed by atoms with van der Waals surface area (Å²) < 4.78 is 70.1. The molecule has 0 aliphatic rings. The van der Waals surface area contributed by atoms with Crippen molar-refractivity contribution in [2.45, 2.75) is 6.92 Å². The van der Waals surface area contributed by atoms with E-state index >= 15 is 0 Å². The van der Waals surface area contributed by atoms with Crippen LogP contribution >= 0.6 is 0 Å². The summed E-state index contributed by atoms with van der Waals surface area (Å²) in [5.41, 5.74) is 0.760. The Morgan fingerprint density at radius 3 is 1.90 bits per heavy atom. The van der Waals surface area contributed by atoms with Gasteiger partial charge in [-0.3, -0.25) is 0 Å². The molecule has 0 bridgehead atoms. The standard InChI is InChI=1S/C25H13F5/c1-14-2-4-16(20(26)8-14)5-3-15-9-23(29)25(24(30)10-15)18-7-6-17-12-21(27)22(28)13-19(17)11-18/h2,4,6-13H,1H3. The molecule has 0 aliphatic heterocycles. The van der Waals surface area contributed by atoms with Crippen LogP contribution in [-0.4, -0.2) is 0 Å². The third-order valence-corrected chi connectivity index (χ3v) is 4.68. The fourth-order valence-corrected chi connectivity index (χ4v) is 3.18. The summed E-state index contributed by atoms with van der Waals surface area (Å²) in [6.07, 6.45) is 0. The van der Waals surface area contributed by atoms with Gasteiger partial charge in [-0.2, -0.15) is 0 Å². The first-order valence-corrected chi connectivity index (χ1v) is 8.98. The van der Waals surface area contributed by atoms with Crippen molar-refractivity contribution >= 4 is 10.8 Å². The van der Waals surface area contributed by atoms with Gasteiger partial charge in [0.05, 0.1) is 11.1 Å². The lowest BCUT2D eigenvalue weighted by atomic mass is 9.99. The Labute approximate surface area is 169 Å². The van der Waals surface area contributed by atoms with E-state index < -0.39 is 29.1 Å². The maximum absolute atomic E-state index is 14.7. The summed E-state index contributed by atoms with van der Waals surface area (Å²) in [5.74, 6) is 0.834. The fourth-order valence-electron chi connectivity index (χ4n) is 3.18. The molecule has 0 amide bonds. The number of benzene rings is 4. The first-order valence-electron chi connectivity index (χ1n) is 8.98. The number of aryl methyl sites for hydroxylation is 1. The van der Waals surface area contributed by atoms with Gasteiger partial charge >= 0.3 is 0 Å². The Hall–Kier alpha value is -3.65. The van der Waals surface area contributed by atoms with Crippen molar-refractivity contribution in [1.82, 2.24) is 0 Å². The smallest absolute Gasteiger partial charge is 0.159 e. The highest BCUT2D eigenvalue weighted by Gasteiger charge is 2.14. The summed E-state index contributed by atoms with van der Waals surface area (Å²) in [7, 11) is 0. The molecule has 4 aromatic carbocycles. The van der Waals surface area contributed by atoms with Crippen molar-refractivity contribution in [2.75, 3.05) is 0 Å². The lowest BCUT2D eigenvalue weighted by Crippen LogP contribution is -1.93. The van der Waals surface area contributed by atoms with Crippen LogP contribution in [0.1, 0.15) is 16.7 Å². The zero-order valence-electron chi connectivity index (χ0n) is 15.7. The van der Waals surface area contributed by atoms with E-state index in [1.165, 1.54) is 30.3 Å². The quantitative estimate of drug-likeness (QED) is 0.237. The minimum atomic E-state index is -1.05. The molecule has 148 valence electrons. The number of halogens is 5. The van der Waals surface area contributed by atoms with Crippen LogP contribution in [0.2, 0.25) is 0 Å². The molecule has 0 saturated carbocycles. The summed E-state index contributed by atoms with van der Waals surface area (Å²) in [6, 6.07) is 12.9. The maximum Gasteiger partial charge on any atom is 0.159 e. The molecule has 0 N–H and O–H groups in total. The van der Waals surface area contributed by atoms with Crippen LogP contribution in [0.5, 0.6) is 0 Å². The zero-order valence-corrected chi connectivity index (χ0v) is 15.7. The van der Waals surface area contributed by atoms with Gasteiger partial charge < -0.3 is 0 Å². The van der Waals surface area contributed by atoms with Crippen LogP contribution in [0.4, 0.5) is 22.0 Å². The molecule has 0 spiro atoms. The molecule has 30 heavy (non-hydrogen) atoms. The second-order valence-electron chi connectivity index (χ2n) is 6.88. The van der Waals surface area contributed by atoms with E-state index in [1.54, 1.807) is 13.0 Å². The molecule has 5 heteroatoms. The molecule has 0 atom stereocenters. The largest absolute Gasteiger partial charge is 0.206 e. The molecule has 4 aromatic rings. The van der Waals surface area contributed by atoms with E-state index in [0.29, 0.717) is 10.8 Å². The molecular formula is C25H13F5. The van der Waals surface area contributed by atoms with Gasteiger partial charge in [-0.05, 0) is 71.3 Å². The Kier molecular flexibility index (Phi) is 5.01. The zero-order chi connectivity index (χ0) is 21.4. The normalized spacial score (nSPS) is 10.7. The number of hydrogen-bond donors (Lipinski definition) is 0. The van der Waals surface area contributed by atoms with Crippen LogP contribution in [0.15, 0.2) is 60.7 Å². The van der Waals surface area contributed by atoms with Crippen LogP contribution < -0.4 is 0 Å². The molecule has 0 aromatic heterocycles. The first kappa shape index (κ1) is 19.7. The summed E-state index contributed by atoms with van der Waals surface area (Å²) in [5, 5.41) is 0.713. The molecular weight excluding hydrogens is 395 g/mol. The van der Waals surface area contributed by atoms with Gasteiger partial charge in [0.2, 0.25) is 0 Å². The van der Waals surface area contributed by atoms with Gasteiger partial charge in [0.25, 0.3) is 0 Å². The maximum atomic E-state index is 14.7. The lowest BCUT2D eigenvalue weighted by Gasteiger charge is -2.08. The SMILES string of the molecule is Cc1ccc(C#Cc2cc(F)c(-c3ccc4cc(F)c(F)cc4c3)c(F)c2)c(F)c1. The van der Waals surface area contributed by atoms with E-state index in [-0.39, 0.29) is 22.3 Å². The molecule has 0 aliphatic carbocycles. The molecule has 0 nitrogen and oxygen atoms in total. The molecule has 0 saturated heterocycles. The number of rotatable bonds is 1. The van der Waals surface area contributed by atoms with Crippen molar-refractivity contribution < 1.29 is 22.0 Å². The first-order chi connectivity index (χ1) is 14.3. The molecule has 0 unspecified atom stereocenters. The fraction of sp³-hybridized carbons (Fsp3) is 0.0400. The lowest BCUT2D eigenvalue weighted by molar-refractivity contribution is 0.511. The number of hydrogen-bond acceptors (Lipinski definition) is 0.